The maximum Gasteiger partial charge on any atom is 0.0616 e. The van der Waals surface area contributed by atoms with Gasteiger partial charge in [-0.1, -0.05) is 27.2 Å². The van der Waals surface area contributed by atoms with Crippen LogP contribution in [0.15, 0.2) is 0 Å². The Morgan fingerprint density at radius 2 is 2.11 bits per heavy atom. The highest BCUT2D eigenvalue weighted by molar-refractivity contribution is 4.99. The molecule has 0 amide bonds. The van der Waals surface area contributed by atoms with Crippen molar-refractivity contribution in [3.8, 4) is 0 Å². The van der Waals surface area contributed by atoms with Crippen molar-refractivity contribution in [2.24, 2.45) is 5.92 Å². The van der Waals surface area contributed by atoms with Crippen LogP contribution in [0.4, 0.5) is 0 Å². The molecule has 1 aliphatic rings. The van der Waals surface area contributed by atoms with Crippen molar-refractivity contribution in [1.29, 1.82) is 0 Å². The molecule has 0 bridgehead atoms. The second kappa shape index (κ2) is 7.46. The van der Waals surface area contributed by atoms with E-state index < -0.39 is 0 Å². The van der Waals surface area contributed by atoms with Crippen LogP contribution in [0.5, 0.6) is 0 Å². The largest absolute Gasteiger partial charge is 0.394 e. The van der Waals surface area contributed by atoms with Gasteiger partial charge in [-0.15, -0.1) is 0 Å². The summed E-state index contributed by atoms with van der Waals surface area (Å²) in [4.78, 5) is 2.41. The van der Waals surface area contributed by atoms with Gasteiger partial charge in [-0.2, -0.15) is 0 Å². The summed E-state index contributed by atoms with van der Waals surface area (Å²) >= 11 is 0. The third-order valence-corrected chi connectivity index (χ3v) is 4.28. The van der Waals surface area contributed by atoms with Gasteiger partial charge in [0.1, 0.15) is 0 Å². The van der Waals surface area contributed by atoms with Crippen LogP contribution in [0.3, 0.4) is 0 Å². The summed E-state index contributed by atoms with van der Waals surface area (Å²) in [5.41, 5.74) is -0.0127. The first kappa shape index (κ1) is 15.9. The Hall–Kier alpha value is -0.120. The van der Waals surface area contributed by atoms with Crippen LogP contribution in [-0.4, -0.2) is 48.3 Å². The zero-order valence-corrected chi connectivity index (χ0v) is 12.7. The Bertz CT molecular complexity index is 233. The van der Waals surface area contributed by atoms with Crippen molar-refractivity contribution in [3.63, 3.8) is 0 Å². The minimum Gasteiger partial charge on any atom is -0.394 e. The van der Waals surface area contributed by atoms with E-state index >= 15 is 0 Å². The van der Waals surface area contributed by atoms with E-state index in [2.05, 4.69) is 38.0 Å². The third-order valence-electron chi connectivity index (χ3n) is 4.28. The number of hydrogen-bond acceptors (Lipinski definition) is 3. The topological polar surface area (TPSA) is 35.5 Å². The Balaban J connectivity index is 2.51. The monoisotopic (exact) mass is 256 g/mol. The summed E-state index contributed by atoms with van der Waals surface area (Å²) in [6.07, 6.45) is 6.07. The molecule has 1 aliphatic carbocycles. The average molecular weight is 256 g/mol. The Kier molecular flexibility index (Phi) is 6.61. The number of aliphatic hydroxyl groups is 1. The SMILES string of the molecule is CCCN(C)CCC1CCCC1(CO)NC(C)C. The third kappa shape index (κ3) is 4.22. The fraction of sp³-hybridized carbons (Fsp3) is 1.00. The van der Waals surface area contributed by atoms with Crippen molar-refractivity contribution >= 4 is 0 Å². The molecule has 1 saturated carbocycles. The molecule has 108 valence electrons. The van der Waals surface area contributed by atoms with Crippen molar-refractivity contribution in [1.82, 2.24) is 10.2 Å². The summed E-state index contributed by atoms with van der Waals surface area (Å²) in [5, 5.41) is 13.5. The molecule has 0 spiro atoms. The molecule has 3 nitrogen and oxygen atoms in total. The summed E-state index contributed by atoms with van der Waals surface area (Å²) in [7, 11) is 2.20. The lowest BCUT2D eigenvalue weighted by Crippen LogP contribution is -2.54. The van der Waals surface area contributed by atoms with Gasteiger partial charge in [0.15, 0.2) is 0 Å². The number of nitrogens with zero attached hydrogens (tertiary/aromatic N) is 1. The number of rotatable bonds is 8. The van der Waals surface area contributed by atoms with E-state index in [1.54, 1.807) is 0 Å². The number of hydrogen-bond donors (Lipinski definition) is 2. The normalized spacial score (nSPS) is 28.5. The average Bonchev–Trinajstić information content (AvgIpc) is 2.69. The van der Waals surface area contributed by atoms with E-state index in [0.29, 0.717) is 12.0 Å². The van der Waals surface area contributed by atoms with Crippen molar-refractivity contribution < 1.29 is 5.11 Å². The second-order valence-corrected chi connectivity index (χ2v) is 6.29. The van der Waals surface area contributed by atoms with Crippen molar-refractivity contribution in [2.45, 2.75) is 64.5 Å². The molecule has 0 aromatic heterocycles. The highest BCUT2D eigenvalue weighted by Gasteiger charge is 2.42. The first-order valence-electron chi connectivity index (χ1n) is 7.61. The van der Waals surface area contributed by atoms with E-state index in [-0.39, 0.29) is 12.1 Å². The first-order chi connectivity index (χ1) is 8.54. The van der Waals surface area contributed by atoms with E-state index in [4.69, 9.17) is 0 Å². The predicted octanol–water partition coefficient (Wildman–Crippen LogP) is 2.25. The van der Waals surface area contributed by atoms with E-state index in [1.165, 1.54) is 32.2 Å². The molecule has 0 saturated heterocycles. The summed E-state index contributed by atoms with van der Waals surface area (Å²) < 4.78 is 0. The summed E-state index contributed by atoms with van der Waals surface area (Å²) in [6.45, 7) is 9.19. The van der Waals surface area contributed by atoms with Gasteiger partial charge in [0.05, 0.1) is 6.61 Å². The van der Waals surface area contributed by atoms with Gasteiger partial charge in [0, 0.05) is 11.6 Å². The number of aliphatic hydroxyl groups excluding tert-OH is 1. The van der Waals surface area contributed by atoms with Crippen LogP contribution in [0, 0.1) is 5.92 Å². The molecule has 0 aliphatic heterocycles. The Morgan fingerprint density at radius 3 is 2.67 bits per heavy atom. The van der Waals surface area contributed by atoms with Gasteiger partial charge >= 0.3 is 0 Å². The van der Waals surface area contributed by atoms with E-state index in [1.807, 2.05) is 0 Å². The maximum atomic E-state index is 9.83. The fourth-order valence-electron chi connectivity index (χ4n) is 3.45. The lowest BCUT2D eigenvalue weighted by atomic mass is 9.84. The van der Waals surface area contributed by atoms with Crippen LogP contribution in [0.1, 0.15) is 52.9 Å². The van der Waals surface area contributed by atoms with Crippen LogP contribution >= 0.6 is 0 Å². The predicted molar refractivity (Wildman–Crippen MR) is 77.8 cm³/mol. The first-order valence-corrected chi connectivity index (χ1v) is 7.61. The molecule has 18 heavy (non-hydrogen) atoms. The van der Waals surface area contributed by atoms with Gasteiger partial charge in [-0.25, -0.2) is 0 Å². The summed E-state index contributed by atoms with van der Waals surface area (Å²) in [5.74, 6) is 0.629. The van der Waals surface area contributed by atoms with Crippen LogP contribution in [0.2, 0.25) is 0 Å². The highest BCUT2D eigenvalue weighted by atomic mass is 16.3. The van der Waals surface area contributed by atoms with Gasteiger partial charge < -0.3 is 15.3 Å². The molecule has 1 fully saturated rings. The molecule has 3 heteroatoms. The van der Waals surface area contributed by atoms with Crippen LogP contribution in [-0.2, 0) is 0 Å². The van der Waals surface area contributed by atoms with Gasteiger partial charge in [-0.05, 0) is 51.7 Å². The molecular weight excluding hydrogens is 224 g/mol. The molecule has 1 rings (SSSR count). The van der Waals surface area contributed by atoms with E-state index in [9.17, 15) is 5.11 Å². The quantitative estimate of drug-likeness (QED) is 0.699. The lowest BCUT2D eigenvalue weighted by molar-refractivity contribution is 0.105. The minimum atomic E-state index is -0.0127. The maximum absolute atomic E-state index is 9.83. The molecule has 0 aromatic rings. The highest BCUT2D eigenvalue weighted by Crippen LogP contribution is 2.38. The number of nitrogens with one attached hydrogen (secondary N) is 1. The second-order valence-electron chi connectivity index (χ2n) is 6.29. The molecule has 0 aromatic carbocycles. The van der Waals surface area contributed by atoms with Crippen molar-refractivity contribution in [2.75, 3.05) is 26.7 Å². The summed E-state index contributed by atoms with van der Waals surface area (Å²) in [6, 6.07) is 0.450. The van der Waals surface area contributed by atoms with Crippen LogP contribution in [0.25, 0.3) is 0 Å². The molecule has 0 radical (unpaired) electrons. The minimum absolute atomic E-state index is 0.0127. The van der Waals surface area contributed by atoms with Gasteiger partial charge in [0.25, 0.3) is 0 Å². The van der Waals surface area contributed by atoms with Gasteiger partial charge in [-0.3, -0.25) is 0 Å². The lowest BCUT2D eigenvalue weighted by Gasteiger charge is -2.37. The smallest absolute Gasteiger partial charge is 0.0616 e. The van der Waals surface area contributed by atoms with E-state index in [0.717, 1.165) is 13.0 Å². The molecule has 0 heterocycles. The van der Waals surface area contributed by atoms with Gasteiger partial charge in [0.2, 0.25) is 0 Å². The molecule has 2 atom stereocenters. The molecular formula is C15H32N2O. The Morgan fingerprint density at radius 1 is 1.39 bits per heavy atom. The standard InChI is InChI=1S/C15H32N2O/c1-5-10-17(4)11-8-14-7-6-9-15(14,12-18)16-13(2)3/h13-14,16,18H,5-12H2,1-4H3. The van der Waals surface area contributed by atoms with Crippen molar-refractivity contribution in [3.05, 3.63) is 0 Å². The zero-order valence-electron chi connectivity index (χ0n) is 12.7. The molecule has 2 N–H and O–H groups in total. The van der Waals surface area contributed by atoms with Crippen LogP contribution < -0.4 is 5.32 Å². The molecule has 2 unspecified atom stereocenters. The Labute approximate surface area is 113 Å². The fourth-order valence-corrected chi connectivity index (χ4v) is 3.45. The zero-order chi connectivity index (χ0) is 13.6.